The summed E-state index contributed by atoms with van der Waals surface area (Å²) in [6, 6.07) is 4.32. The molecule has 3 nitrogen and oxygen atoms in total. The van der Waals surface area contributed by atoms with E-state index in [1.807, 2.05) is 0 Å². The maximum absolute atomic E-state index is 13.6. The lowest BCUT2D eigenvalue weighted by Crippen LogP contribution is -2.38. The summed E-state index contributed by atoms with van der Waals surface area (Å²) < 4.78 is 13.6. The van der Waals surface area contributed by atoms with Crippen LogP contribution in [0.2, 0.25) is 0 Å². The summed E-state index contributed by atoms with van der Waals surface area (Å²) in [5.74, 6) is 0.497. The monoisotopic (exact) mass is 248 g/mol. The van der Waals surface area contributed by atoms with Crippen molar-refractivity contribution >= 4 is 11.6 Å². The third-order valence-corrected chi connectivity index (χ3v) is 4.29. The van der Waals surface area contributed by atoms with Crippen LogP contribution in [0.3, 0.4) is 0 Å². The van der Waals surface area contributed by atoms with E-state index >= 15 is 0 Å². The van der Waals surface area contributed by atoms with E-state index in [1.165, 1.54) is 37.5 Å². The molecule has 0 saturated heterocycles. The fraction of sp³-hybridized carbons (Fsp3) is 0.500. The van der Waals surface area contributed by atoms with Crippen molar-refractivity contribution in [3.63, 3.8) is 0 Å². The van der Waals surface area contributed by atoms with Crippen molar-refractivity contribution in [1.82, 2.24) is 5.32 Å². The molecule has 0 heterocycles. The first kappa shape index (κ1) is 11.5. The van der Waals surface area contributed by atoms with Gasteiger partial charge in [-0.15, -0.1) is 0 Å². The number of nitrogens with two attached hydrogens (primary N) is 1. The van der Waals surface area contributed by atoms with Crippen molar-refractivity contribution in [1.29, 1.82) is 0 Å². The SMILES string of the molecule is Nc1ccc(F)c(C(=O)NC2CC3CCC2C3)c1. The molecule has 0 aromatic heterocycles. The second kappa shape index (κ2) is 4.26. The lowest BCUT2D eigenvalue weighted by atomic mass is 9.95. The van der Waals surface area contributed by atoms with E-state index in [1.54, 1.807) is 0 Å². The first-order valence-electron chi connectivity index (χ1n) is 6.49. The number of nitrogen functional groups attached to an aromatic ring is 1. The molecule has 2 aliphatic rings. The quantitative estimate of drug-likeness (QED) is 0.789. The number of halogens is 1. The van der Waals surface area contributed by atoms with Crippen LogP contribution < -0.4 is 11.1 Å². The summed E-state index contributed by atoms with van der Waals surface area (Å²) >= 11 is 0. The van der Waals surface area contributed by atoms with Crippen molar-refractivity contribution in [2.45, 2.75) is 31.7 Å². The van der Waals surface area contributed by atoms with Crippen LogP contribution in [0.25, 0.3) is 0 Å². The van der Waals surface area contributed by atoms with Gasteiger partial charge in [0.15, 0.2) is 0 Å². The minimum atomic E-state index is -0.509. The third-order valence-electron chi connectivity index (χ3n) is 4.29. The van der Waals surface area contributed by atoms with Gasteiger partial charge in [0.1, 0.15) is 5.82 Å². The number of carbonyl (C=O) groups excluding carboxylic acids is 1. The fourth-order valence-corrected chi connectivity index (χ4v) is 3.38. The van der Waals surface area contributed by atoms with Gasteiger partial charge in [-0.25, -0.2) is 4.39 Å². The van der Waals surface area contributed by atoms with Gasteiger partial charge in [0.2, 0.25) is 0 Å². The van der Waals surface area contributed by atoms with Gasteiger partial charge in [-0.3, -0.25) is 4.79 Å². The smallest absolute Gasteiger partial charge is 0.254 e. The molecule has 2 aliphatic carbocycles. The van der Waals surface area contributed by atoms with Gasteiger partial charge in [0.05, 0.1) is 5.56 Å². The van der Waals surface area contributed by atoms with Crippen LogP contribution in [-0.2, 0) is 0 Å². The molecule has 3 atom stereocenters. The second-order valence-electron chi connectivity index (χ2n) is 5.49. The topological polar surface area (TPSA) is 55.1 Å². The predicted octanol–water partition coefficient (Wildman–Crippen LogP) is 2.33. The number of fused-ring (bicyclic) bond motifs is 2. The number of carbonyl (C=O) groups is 1. The molecular formula is C14H17FN2O. The van der Waals surface area contributed by atoms with Crippen LogP contribution in [0.1, 0.15) is 36.0 Å². The Hall–Kier alpha value is -1.58. The highest BCUT2D eigenvalue weighted by atomic mass is 19.1. The Morgan fingerprint density at radius 1 is 1.33 bits per heavy atom. The number of amides is 1. The molecule has 0 radical (unpaired) electrons. The maximum Gasteiger partial charge on any atom is 0.254 e. The molecule has 1 aromatic rings. The van der Waals surface area contributed by atoms with Crippen molar-refractivity contribution in [3.8, 4) is 0 Å². The normalized spacial score (nSPS) is 29.5. The minimum Gasteiger partial charge on any atom is -0.399 e. The molecule has 2 fully saturated rings. The Bertz CT molecular complexity index is 489. The fourth-order valence-electron chi connectivity index (χ4n) is 3.38. The van der Waals surface area contributed by atoms with Gasteiger partial charge in [0.25, 0.3) is 5.91 Å². The molecule has 4 heteroatoms. The molecule has 3 rings (SSSR count). The van der Waals surface area contributed by atoms with Gasteiger partial charge >= 0.3 is 0 Å². The molecule has 96 valence electrons. The third kappa shape index (κ3) is 1.96. The summed E-state index contributed by atoms with van der Waals surface area (Å²) in [6.07, 6.45) is 4.73. The van der Waals surface area contributed by atoms with Crippen molar-refractivity contribution in [3.05, 3.63) is 29.6 Å². The van der Waals surface area contributed by atoms with Crippen molar-refractivity contribution < 1.29 is 9.18 Å². The highest BCUT2D eigenvalue weighted by Gasteiger charge is 2.40. The summed E-state index contributed by atoms with van der Waals surface area (Å²) in [5, 5.41) is 2.96. The lowest BCUT2D eigenvalue weighted by molar-refractivity contribution is 0.0919. The summed E-state index contributed by atoms with van der Waals surface area (Å²) in [5.41, 5.74) is 6.05. The van der Waals surface area contributed by atoms with Crippen LogP contribution in [0, 0.1) is 17.7 Å². The molecular weight excluding hydrogens is 231 g/mol. The summed E-state index contributed by atoms with van der Waals surface area (Å²) in [6.45, 7) is 0. The molecule has 18 heavy (non-hydrogen) atoms. The Balaban J connectivity index is 1.73. The lowest BCUT2D eigenvalue weighted by Gasteiger charge is -2.23. The van der Waals surface area contributed by atoms with Crippen LogP contribution in [0.5, 0.6) is 0 Å². The Kier molecular flexibility index (Phi) is 2.73. The number of hydrogen-bond donors (Lipinski definition) is 2. The predicted molar refractivity (Wildman–Crippen MR) is 67.5 cm³/mol. The van der Waals surface area contributed by atoms with Crippen LogP contribution in [0.15, 0.2) is 18.2 Å². The first-order valence-corrected chi connectivity index (χ1v) is 6.49. The molecule has 2 saturated carbocycles. The maximum atomic E-state index is 13.6. The van der Waals surface area contributed by atoms with Gasteiger partial charge in [0, 0.05) is 11.7 Å². The van der Waals surface area contributed by atoms with Crippen LogP contribution in [-0.4, -0.2) is 11.9 Å². The Morgan fingerprint density at radius 3 is 2.83 bits per heavy atom. The summed E-state index contributed by atoms with van der Waals surface area (Å²) in [7, 11) is 0. The molecule has 0 aliphatic heterocycles. The van der Waals surface area contributed by atoms with E-state index in [-0.39, 0.29) is 17.5 Å². The van der Waals surface area contributed by atoms with Gasteiger partial charge in [-0.2, -0.15) is 0 Å². The minimum absolute atomic E-state index is 0.0535. The van der Waals surface area contributed by atoms with Gasteiger partial charge < -0.3 is 11.1 Å². The van der Waals surface area contributed by atoms with E-state index < -0.39 is 5.82 Å². The van der Waals surface area contributed by atoms with E-state index in [0.717, 1.165) is 12.3 Å². The number of benzene rings is 1. The zero-order valence-electron chi connectivity index (χ0n) is 10.2. The molecule has 0 spiro atoms. The molecule has 2 bridgehead atoms. The summed E-state index contributed by atoms with van der Waals surface area (Å²) in [4.78, 5) is 12.0. The molecule has 3 N–H and O–H groups in total. The molecule has 1 amide bonds. The van der Waals surface area contributed by atoms with Crippen LogP contribution in [0.4, 0.5) is 10.1 Å². The highest BCUT2D eigenvalue weighted by Crippen LogP contribution is 2.44. The largest absolute Gasteiger partial charge is 0.399 e. The zero-order valence-corrected chi connectivity index (χ0v) is 10.2. The Labute approximate surface area is 106 Å². The van der Waals surface area contributed by atoms with Gasteiger partial charge in [-0.1, -0.05) is 6.42 Å². The van der Waals surface area contributed by atoms with Crippen molar-refractivity contribution in [2.75, 3.05) is 5.73 Å². The van der Waals surface area contributed by atoms with E-state index in [9.17, 15) is 9.18 Å². The van der Waals surface area contributed by atoms with Crippen LogP contribution >= 0.6 is 0 Å². The average Bonchev–Trinajstić information content (AvgIpc) is 2.94. The molecule has 1 aromatic carbocycles. The standard InChI is InChI=1S/C14H17FN2O/c15-12-4-3-10(16)7-11(12)14(18)17-13-6-8-1-2-9(13)5-8/h3-4,7-9,13H,1-2,5-6,16H2,(H,17,18). The number of hydrogen-bond acceptors (Lipinski definition) is 2. The van der Waals surface area contributed by atoms with Crippen molar-refractivity contribution in [2.24, 2.45) is 11.8 Å². The second-order valence-corrected chi connectivity index (χ2v) is 5.49. The van der Waals surface area contributed by atoms with E-state index in [2.05, 4.69) is 5.32 Å². The number of nitrogens with one attached hydrogen (secondary N) is 1. The van der Waals surface area contributed by atoms with E-state index in [4.69, 9.17) is 5.73 Å². The average molecular weight is 248 g/mol. The van der Waals surface area contributed by atoms with Gasteiger partial charge in [-0.05, 0) is 49.3 Å². The van der Waals surface area contributed by atoms with E-state index in [0.29, 0.717) is 11.6 Å². The number of anilines is 1. The number of rotatable bonds is 2. The highest BCUT2D eigenvalue weighted by molar-refractivity contribution is 5.95. The Morgan fingerprint density at radius 2 is 2.17 bits per heavy atom. The first-order chi connectivity index (χ1) is 8.63. The zero-order chi connectivity index (χ0) is 12.7. The molecule has 3 unspecified atom stereocenters.